The highest BCUT2D eigenvalue weighted by Gasteiger charge is 2.13. The quantitative estimate of drug-likeness (QED) is 0.605. The van der Waals surface area contributed by atoms with E-state index in [1.807, 2.05) is 18.2 Å². The number of anilines is 1. The van der Waals surface area contributed by atoms with Crippen molar-refractivity contribution in [3.8, 4) is 0 Å². The fourth-order valence-electron chi connectivity index (χ4n) is 1.76. The number of thiazole rings is 1. The summed E-state index contributed by atoms with van der Waals surface area (Å²) in [5.74, 6) is -0.219. The van der Waals surface area contributed by atoms with Crippen molar-refractivity contribution in [1.29, 1.82) is 0 Å². The predicted molar refractivity (Wildman–Crippen MR) is 91.7 cm³/mol. The zero-order valence-electron chi connectivity index (χ0n) is 10.4. The van der Waals surface area contributed by atoms with E-state index < -0.39 is 0 Å². The molecule has 7 heteroatoms. The van der Waals surface area contributed by atoms with Crippen LogP contribution in [0.4, 0.5) is 5.13 Å². The molecule has 21 heavy (non-hydrogen) atoms. The van der Waals surface area contributed by atoms with Crippen LogP contribution >= 0.6 is 50.5 Å². The number of rotatable bonds is 2. The third kappa shape index (κ3) is 3.06. The van der Waals surface area contributed by atoms with E-state index in [4.69, 9.17) is 23.2 Å². The van der Waals surface area contributed by atoms with Gasteiger partial charge in [-0.1, -0.05) is 50.5 Å². The highest BCUT2D eigenvalue weighted by molar-refractivity contribution is 9.10. The summed E-state index contributed by atoms with van der Waals surface area (Å²) in [6, 6.07) is 10.6. The SMILES string of the molecule is O=C(Nc1nc2c(Cl)c(Cl)ccc2s1)c1ccc(Br)cc1. The molecule has 0 fully saturated rings. The van der Waals surface area contributed by atoms with Gasteiger partial charge >= 0.3 is 0 Å². The Labute approximate surface area is 143 Å². The third-order valence-corrected chi connectivity index (χ3v) is 5.04. The standard InChI is InChI=1S/C14H7BrCl2N2OS/c15-8-3-1-7(2-4-8)13(20)19-14-18-12-10(21-14)6-5-9(16)11(12)17/h1-6H,(H,18,19,20). The van der Waals surface area contributed by atoms with Crippen molar-refractivity contribution in [3.63, 3.8) is 0 Å². The largest absolute Gasteiger partial charge is 0.298 e. The number of hydrogen-bond donors (Lipinski definition) is 1. The summed E-state index contributed by atoms with van der Waals surface area (Å²) in [4.78, 5) is 16.5. The zero-order chi connectivity index (χ0) is 15.0. The summed E-state index contributed by atoms with van der Waals surface area (Å²) < 4.78 is 1.79. The fourth-order valence-corrected chi connectivity index (χ4v) is 3.31. The number of halogens is 3. The van der Waals surface area contributed by atoms with Crippen LogP contribution in [0, 0.1) is 0 Å². The van der Waals surface area contributed by atoms with Crippen LogP contribution < -0.4 is 5.32 Å². The van der Waals surface area contributed by atoms with Gasteiger partial charge in [-0.2, -0.15) is 0 Å². The maximum Gasteiger partial charge on any atom is 0.257 e. The van der Waals surface area contributed by atoms with Gasteiger partial charge < -0.3 is 0 Å². The Morgan fingerprint density at radius 2 is 1.86 bits per heavy atom. The van der Waals surface area contributed by atoms with Gasteiger partial charge in [-0.15, -0.1) is 0 Å². The first kappa shape index (κ1) is 14.8. The van der Waals surface area contributed by atoms with Gasteiger partial charge in [-0.3, -0.25) is 10.1 Å². The number of carbonyl (C=O) groups excluding carboxylic acids is 1. The molecule has 0 saturated heterocycles. The number of nitrogens with one attached hydrogen (secondary N) is 1. The van der Waals surface area contributed by atoms with Crippen LogP contribution in [0.5, 0.6) is 0 Å². The summed E-state index contributed by atoms with van der Waals surface area (Å²) in [5, 5.41) is 4.10. The van der Waals surface area contributed by atoms with Crippen molar-refractivity contribution < 1.29 is 4.79 Å². The number of fused-ring (bicyclic) bond motifs is 1. The molecule has 1 aromatic heterocycles. The smallest absolute Gasteiger partial charge is 0.257 e. The molecule has 106 valence electrons. The van der Waals surface area contributed by atoms with Gasteiger partial charge in [0.1, 0.15) is 5.52 Å². The monoisotopic (exact) mass is 400 g/mol. The molecule has 0 radical (unpaired) electrons. The van der Waals surface area contributed by atoms with E-state index in [0.29, 0.717) is 26.3 Å². The van der Waals surface area contributed by atoms with Crippen LogP contribution in [-0.2, 0) is 0 Å². The number of benzene rings is 2. The van der Waals surface area contributed by atoms with E-state index >= 15 is 0 Å². The summed E-state index contributed by atoms with van der Waals surface area (Å²) >= 11 is 16.7. The van der Waals surface area contributed by atoms with Gasteiger partial charge in [0, 0.05) is 10.0 Å². The van der Waals surface area contributed by atoms with Crippen LogP contribution in [0.2, 0.25) is 10.0 Å². The molecule has 3 rings (SSSR count). The lowest BCUT2D eigenvalue weighted by atomic mass is 10.2. The van der Waals surface area contributed by atoms with Crippen LogP contribution in [0.1, 0.15) is 10.4 Å². The molecule has 0 spiro atoms. The molecule has 3 nitrogen and oxygen atoms in total. The maximum absolute atomic E-state index is 12.1. The summed E-state index contributed by atoms with van der Waals surface area (Å²) in [6.45, 7) is 0. The molecule has 0 unspecified atom stereocenters. The van der Waals surface area contributed by atoms with E-state index in [0.717, 1.165) is 9.17 Å². The average Bonchev–Trinajstić information content (AvgIpc) is 2.87. The molecule has 1 amide bonds. The first-order chi connectivity index (χ1) is 10.0. The summed E-state index contributed by atoms with van der Waals surface area (Å²) in [7, 11) is 0. The first-order valence-corrected chi connectivity index (χ1v) is 8.22. The predicted octanol–water partition coefficient (Wildman–Crippen LogP) is 5.62. The molecule has 0 aliphatic rings. The van der Waals surface area contributed by atoms with Crippen molar-refractivity contribution in [2.24, 2.45) is 0 Å². The first-order valence-electron chi connectivity index (χ1n) is 5.86. The van der Waals surface area contributed by atoms with Crippen LogP contribution in [0.3, 0.4) is 0 Å². The number of aromatic nitrogens is 1. The molecule has 0 aliphatic carbocycles. The molecular weight excluding hydrogens is 395 g/mol. The summed E-state index contributed by atoms with van der Waals surface area (Å²) in [6.07, 6.45) is 0. The second-order valence-electron chi connectivity index (χ2n) is 4.19. The fraction of sp³-hybridized carbons (Fsp3) is 0. The molecule has 0 atom stereocenters. The lowest BCUT2D eigenvalue weighted by molar-refractivity contribution is 0.102. The normalized spacial score (nSPS) is 10.8. The Kier molecular flexibility index (Phi) is 4.17. The molecule has 2 aromatic carbocycles. The lowest BCUT2D eigenvalue weighted by Gasteiger charge is -2.01. The van der Waals surface area contributed by atoms with Gasteiger partial charge in [0.15, 0.2) is 5.13 Å². The molecule has 0 saturated carbocycles. The molecular formula is C14H7BrCl2N2OS. The summed E-state index contributed by atoms with van der Waals surface area (Å²) in [5.41, 5.74) is 1.15. The topological polar surface area (TPSA) is 42.0 Å². The molecule has 1 heterocycles. The van der Waals surface area contributed by atoms with E-state index in [1.54, 1.807) is 18.2 Å². The van der Waals surface area contributed by atoms with Gasteiger partial charge in [0.05, 0.1) is 14.7 Å². The third-order valence-electron chi connectivity index (χ3n) is 2.78. The van der Waals surface area contributed by atoms with Crippen LogP contribution in [0.25, 0.3) is 10.2 Å². The van der Waals surface area contributed by atoms with E-state index in [9.17, 15) is 4.79 Å². The molecule has 3 aromatic rings. The molecule has 0 aliphatic heterocycles. The van der Waals surface area contributed by atoms with Crippen molar-refractivity contribution in [3.05, 3.63) is 56.5 Å². The highest BCUT2D eigenvalue weighted by atomic mass is 79.9. The highest BCUT2D eigenvalue weighted by Crippen LogP contribution is 2.35. The Bertz CT molecular complexity index is 833. The van der Waals surface area contributed by atoms with Crippen molar-refractivity contribution >= 4 is 71.7 Å². The number of carbonyl (C=O) groups is 1. The number of nitrogens with zero attached hydrogens (tertiary/aromatic N) is 1. The van der Waals surface area contributed by atoms with Crippen molar-refractivity contribution in [2.75, 3.05) is 5.32 Å². The van der Waals surface area contributed by atoms with E-state index in [1.165, 1.54) is 11.3 Å². The van der Waals surface area contributed by atoms with E-state index in [2.05, 4.69) is 26.2 Å². The van der Waals surface area contributed by atoms with Gasteiger partial charge in [0.2, 0.25) is 0 Å². The van der Waals surface area contributed by atoms with Crippen LogP contribution in [0.15, 0.2) is 40.9 Å². The number of hydrogen-bond acceptors (Lipinski definition) is 3. The van der Waals surface area contributed by atoms with Gasteiger partial charge in [-0.25, -0.2) is 4.98 Å². The second kappa shape index (κ2) is 5.93. The average molecular weight is 402 g/mol. The van der Waals surface area contributed by atoms with Crippen molar-refractivity contribution in [2.45, 2.75) is 0 Å². The second-order valence-corrected chi connectivity index (χ2v) is 6.92. The Balaban J connectivity index is 1.89. The minimum absolute atomic E-state index is 0.219. The zero-order valence-corrected chi connectivity index (χ0v) is 14.3. The van der Waals surface area contributed by atoms with E-state index in [-0.39, 0.29) is 5.91 Å². The maximum atomic E-state index is 12.1. The Morgan fingerprint density at radius 1 is 1.14 bits per heavy atom. The van der Waals surface area contributed by atoms with Gasteiger partial charge in [0.25, 0.3) is 5.91 Å². The lowest BCUT2D eigenvalue weighted by Crippen LogP contribution is -2.11. The molecule has 0 bridgehead atoms. The van der Waals surface area contributed by atoms with Crippen molar-refractivity contribution in [1.82, 2.24) is 4.98 Å². The minimum atomic E-state index is -0.219. The number of amides is 1. The van der Waals surface area contributed by atoms with Crippen LogP contribution in [-0.4, -0.2) is 10.9 Å². The Morgan fingerprint density at radius 3 is 2.57 bits per heavy atom. The van der Waals surface area contributed by atoms with Gasteiger partial charge in [-0.05, 0) is 36.4 Å². The molecule has 1 N–H and O–H groups in total. The Hall–Kier alpha value is -1.14. The minimum Gasteiger partial charge on any atom is -0.298 e.